The fourth-order valence-corrected chi connectivity index (χ4v) is 6.82. The third kappa shape index (κ3) is 4.22. The highest BCUT2D eigenvalue weighted by Gasteiger charge is 2.45. The van der Waals surface area contributed by atoms with E-state index in [1.165, 1.54) is 37.6 Å². The highest BCUT2D eigenvalue weighted by Crippen LogP contribution is 2.50. The number of nitrogens with zero attached hydrogens (tertiary/aromatic N) is 3. The third-order valence-corrected chi connectivity index (χ3v) is 8.50. The van der Waals surface area contributed by atoms with Crippen LogP contribution in [0, 0.1) is 11.6 Å². The maximum absolute atomic E-state index is 14.9. The minimum atomic E-state index is -3.07. The highest BCUT2D eigenvalue weighted by molar-refractivity contribution is 7.61. The predicted molar refractivity (Wildman–Crippen MR) is 139 cm³/mol. The van der Waals surface area contributed by atoms with Crippen LogP contribution in [0.3, 0.4) is 0 Å². The van der Waals surface area contributed by atoms with Gasteiger partial charge in [0, 0.05) is 36.3 Å². The van der Waals surface area contributed by atoms with E-state index in [0.29, 0.717) is 40.0 Å². The van der Waals surface area contributed by atoms with E-state index in [9.17, 15) is 26.9 Å². The number of amides is 1. The van der Waals surface area contributed by atoms with Gasteiger partial charge in [0.15, 0.2) is 0 Å². The van der Waals surface area contributed by atoms with Crippen molar-refractivity contribution in [3.05, 3.63) is 82.7 Å². The first-order chi connectivity index (χ1) is 18.4. The van der Waals surface area contributed by atoms with Crippen molar-refractivity contribution < 1.29 is 31.7 Å². The monoisotopic (exact) mass is 557 g/mol. The summed E-state index contributed by atoms with van der Waals surface area (Å²) in [6, 6.07) is 11.2. The second kappa shape index (κ2) is 8.95. The molecule has 39 heavy (non-hydrogen) atoms. The molecule has 3 heterocycles. The Hall–Kier alpha value is -3.65. The molecule has 11 heteroatoms. The summed E-state index contributed by atoms with van der Waals surface area (Å²) in [5.74, 6) is -1.35. The van der Waals surface area contributed by atoms with E-state index < -0.39 is 37.5 Å². The second-order valence-corrected chi connectivity index (χ2v) is 13.9. The zero-order chi connectivity index (χ0) is 27.8. The van der Waals surface area contributed by atoms with Crippen LogP contribution in [0.5, 0.6) is 5.75 Å². The van der Waals surface area contributed by atoms with Gasteiger partial charge in [-0.05, 0) is 60.9 Å². The molecular formula is C28H24F4N3O3P. The van der Waals surface area contributed by atoms with E-state index in [4.69, 9.17) is 9.72 Å². The molecule has 2 aliphatic rings. The summed E-state index contributed by atoms with van der Waals surface area (Å²) in [6.45, 7) is -0.113. The summed E-state index contributed by atoms with van der Waals surface area (Å²) in [7, 11) is -1.05. The van der Waals surface area contributed by atoms with Crippen molar-refractivity contribution in [2.24, 2.45) is 0 Å². The number of aromatic nitrogens is 2. The van der Waals surface area contributed by atoms with E-state index in [-0.39, 0.29) is 28.9 Å². The van der Waals surface area contributed by atoms with Crippen LogP contribution in [0.4, 0.5) is 17.6 Å². The summed E-state index contributed by atoms with van der Waals surface area (Å²) < 4.78 is 75.4. The Morgan fingerprint density at radius 1 is 1.05 bits per heavy atom. The SMILES string of the molecule is CN1C(=O)c2cccc(OC(F)F)c2[C@H]2C[C@@H]1c1nc3ccc(-c4cc(F)c(CP(C)(C)=O)c(F)c4)cc3n12. The number of rotatable bonds is 5. The summed E-state index contributed by atoms with van der Waals surface area (Å²) in [6.07, 6.45) is 0.227. The second-order valence-electron chi connectivity index (χ2n) is 10.5. The van der Waals surface area contributed by atoms with Gasteiger partial charge >= 0.3 is 6.61 Å². The zero-order valence-corrected chi connectivity index (χ0v) is 22.2. The van der Waals surface area contributed by atoms with Gasteiger partial charge in [-0.25, -0.2) is 13.8 Å². The molecule has 6 rings (SSSR count). The Labute approximate surface area is 221 Å². The van der Waals surface area contributed by atoms with Gasteiger partial charge in [-0.1, -0.05) is 12.1 Å². The maximum atomic E-state index is 14.9. The molecule has 202 valence electrons. The van der Waals surface area contributed by atoms with Gasteiger partial charge in [-0.3, -0.25) is 4.79 Å². The van der Waals surface area contributed by atoms with Crippen LogP contribution in [0.25, 0.3) is 22.2 Å². The molecule has 6 nitrogen and oxygen atoms in total. The summed E-state index contributed by atoms with van der Waals surface area (Å²) in [5.41, 5.74) is 2.45. The van der Waals surface area contributed by atoms with Crippen molar-refractivity contribution >= 4 is 24.1 Å². The first-order valence-corrected chi connectivity index (χ1v) is 15.1. The quantitative estimate of drug-likeness (QED) is 0.200. The van der Waals surface area contributed by atoms with Gasteiger partial charge < -0.3 is 18.8 Å². The third-order valence-electron chi connectivity index (χ3n) is 7.42. The molecule has 0 saturated carbocycles. The van der Waals surface area contributed by atoms with Crippen LogP contribution in [0.2, 0.25) is 0 Å². The molecule has 0 aliphatic carbocycles. The molecule has 4 aromatic rings. The van der Waals surface area contributed by atoms with Gasteiger partial charge in [-0.15, -0.1) is 0 Å². The number of hydrogen-bond donors (Lipinski definition) is 0. The van der Waals surface area contributed by atoms with Crippen molar-refractivity contribution in [3.8, 4) is 16.9 Å². The number of carbonyl (C=O) groups excluding carboxylic acids is 1. The highest BCUT2D eigenvalue weighted by atomic mass is 31.2. The van der Waals surface area contributed by atoms with Gasteiger partial charge in [-0.2, -0.15) is 8.78 Å². The van der Waals surface area contributed by atoms with Gasteiger partial charge in [0.1, 0.15) is 23.2 Å². The van der Waals surface area contributed by atoms with E-state index >= 15 is 0 Å². The van der Waals surface area contributed by atoms with E-state index in [1.807, 2.05) is 4.57 Å². The van der Waals surface area contributed by atoms with Crippen molar-refractivity contribution in [1.82, 2.24) is 14.5 Å². The van der Waals surface area contributed by atoms with Gasteiger partial charge in [0.25, 0.3) is 5.91 Å². The number of halogens is 4. The summed E-state index contributed by atoms with van der Waals surface area (Å²) in [5, 5.41) is 0. The fraction of sp³-hybridized carbons (Fsp3) is 0.286. The largest absolute Gasteiger partial charge is 0.434 e. The van der Waals surface area contributed by atoms with E-state index in [1.54, 1.807) is 36.2 Å². The van der Waals surface area contributed by atoms with Crippen molar-refractivity contribution in [2.45, 2.75) is 31.3 Å². The average molecular weight is 557 g/mol. The first kappa shape index (κ1) is 25.6. The van der Waals surface area contributed by atoms with E-state index in [0.717, 1.165) is 0 Å². The summed E-state index contributed by atoms with van der Waals surface area (Å²) >= 11 is 0. The molecule has 0 saturated heterocycles. The zero-order valence-electron chi connectivity index (χ0n) is 21.3. The minimum absolute atomic E-state index is 0.0791. The molecule has 0 fully saturated rings. The lowest BCUT2D eigenvalue weighted by atomic mass is 9.97. The number of imidazole rings is 1. The molecule has 0 radical (unpaired) electrons. The lowest BCUT2D eigenvalue weighted by Crippen LogP contribution is -2.30. The Morgan fingerprint density at radius 2 is 1.77 bits per heavy atom. The van der Waals surface area contributed by atoms with Crippen LogP contribution in [-0.2, 0) is 10.7 Å². The van der Waals surface area contributed by atoms with Crippen LogP contribution >= 0.6 is 7.14 Å². The minimum Gasteiger partial charge on any atom is -0.434 e. The molecule has 0 unspecified atom stereocenters. The molecule has 0 spiro atoms. The molecular weight excluding hydrogens is 533 g/mol. The Kier molecular flexibility index (Phi) is 5.88. The molecule has 1 amide bonds. The lowest BCUT2D eigenvalue weighted by Gasteiger charge is -2.24. The van der Waals surface area contributed by atoms with Crippen molar-refractivity contribution in [3.63, 3.8) is 0 Å². The molecule has 1 aromatic heterocycles. The Bertz CT molecular complexity index is 1690. The van der Waals surface area contributed by atoms with E-state index in [2.05, 4.69) is 0 Å². The number of benzene rings is 3. The van der Waals surface area contributed by atoms with Crippen LogP contribution in [0.15, 0.2) is 48.5 Å². The van der Waals surface area contributed by atoms with Gasteiger partial charge in [0.05, 0.1) is 30.3 Å². The molecule has 2 aliphatic heterocycles. The molecule has 3 aromatic carbocycles. The first-order valence-electron chi connectivity index (χ1n) is 12.3. The van der Waals surface area contributed by atoms with Crippen LogP contribution < -0.4 is 4.74 Å². The Balaban J connectivity index is 1.52. The fourth-order valence-electron chi connectivity index (χ4n) is 5.76. The van der Waals surface area contributed by atoms with Crippen LogP contribution in [0.1, 0.15) is 45.8 Å². The number of ether oxygens (including phenoxy) is 1. The number of hydrogen-bond acceptors (Lipinski definition) is 4. The standard InChI is InChI=1S/C28H24F4N3O3P/c1-34-23-12-22(25-16(27(34)36)5-4-6-24(25)38-28(31)32)35-21-11-14(7-8-20(21)33-26(23)35)15-9-18(29)17(19(30)10-15)13-39(2,3)37/h4-11,22-23,28H,12-13H2,1-3H3/t22-,23-/m1/s1. The molecule has 0 N–H and O–H groups in total. The lowest BCUT2D eigenvalue weighted by molar-refractivity contribution is -0.0507. The number of fused-ring (bicyclic) bond motifs is 9. The number of alkyl halides is 2. The van der Waals surface area contributed by atoms with Crippen LogP contribution in [-0.4, -0.2) is 47.3 Å². The Morgan fingerprint density at radius 3 is 2.44 bits per heavy atom. The summed E-state index contributed by atoms with van der Waals surface area (Å²) in [4.78, 5) is 19.6. The van der Waals surface area contributed by atoms with Crippen molar-refractivity contribution in [2.75, 3.05) is 20.4 Å². The average Bonchev–Trinajstić information content (AvgIpc) is 3.38. The maximum Gasteiger partial charge on any atom is 0.387 e. The smallest absolute Gasteiger partial charge is 0.387 e. The predicted octanol–water partition coefficient (Wildman–Crippen LogP) is 6.83. The van der Waals surface area contributed by atoms with Gasteiger partial charge in [0.2, 0.25) is 0 Å². The normalized spacial score (nSPS) is 18.5. The topological polar surface area (TPSA) is 64.4 Å². The molecule has 2 atom stereocenters. The van der Waals surface area contributed by atoms with Crippen molar-refractivity contribution in [1.29, 1.82) is 0 Å². The molecule has 2 bridgehead atoms. The number of carbonyl (C=O) groups is 1.